The molecule has 12 aromatic rings. The molecule has 0 fully saturated rings. The van der Waals surface area contributed by atoms with Crippen molar-refractivity contribution in [1.29, 1.82) is 0 Å². The molecule has 0 unspecified atom stereocenters. The number of para-hydroxylation sites is 4. The maximum atomic E-state index is 11.8. The fourth-order valence-electron chi connectivity index (χ4n) is 9.93. The van der Waals surface area contributed by atoms with Crippen molar-refractivity contribution in [2.45, 2.75) is 0 Å². The minimum Gasteiger partial charge on any atom is -0.511 e. The molecular formula is C56H34N4O. The first-order chi connectivity index (χ1) is 30.2. The van der Waals surface area contributed by atoms with Crippen molar-refractivity contribution < 1.29 is 14.2 Å². The van der Waals surface area contributed by atoms with Crippen molar-refractivity contribution >= 4 is 59.9 Å². The van der Waals surface area contributed by atoms with Crippen LogP contribution in [0.3, 0.4) is 0 Å². The van der Waals surface area contributed by atoms with Crippen LogP contribution in [0.25, 0.3) is 110 Å². The van der Waals surface area contributed by atoms with Crippen LogP contribution in [-0.4, -0.2) is 14.1 Å². The zero-order valence-corrected chi connectivity index (χ0v) is 32.8. The normalized spacial score (nSPS) is 12.0. The van der Waals surface area contributed by atoms with Crippen LogP contribution in [-0.2, 0) is 0 Å². The van der Waals surface area contributed by atoms with Gasteiger partial charge in [0.15, 0.2) is 0 Å². The molecule has 0 bridgehead atoms. The number of phenolic OH excluding ortho intramolecular Hbond substituents is 1. The van der Waals surface area contributed by atoms with Crippen molar-refractivity contribution in [3.05, 3.63) is 213 Å². The molecule has 13 rings (SSSR count). The average Bonchev–Trinajstić information content (AvgIpc) is 3.92. The van der Waals surface area contributed by atoms with Gasteiger partial charge in [-0.1, -0.05) is 182 Å². The van der Waals surface area contributed by atoms with Crippen LogP contribution in [0.5, 0.6) is 5.75 Å². The second-order valence-electron chi connectivity index (χ2n) is 15.8. The number of hydrogen-bond donors (Lipinski definition) is 1. The number of aromatic hydroxyl groups is 1. The van der Waals surface area contributed by atoms with Gasteiger partial charge in [0.2, 0.25) is 0 Å². The molecular weight excluding hydrogens is 745 g/mol. The van der Waals surface area contributed by atoms with E-state index in [1.807, 2.05) is 6.07 Å². The second-order valence-corrected chi connectivity index (χ2v) is 15.8. The van der Waals surface area contributed by atoms with Gasteiger partial charge >= 0.3 is 0 Å². The lowest BCUT2D eigenvalue weighted by atomic mass is 9.89. The quantitative estimate of drug-likeness (QED) is 0.138. The van der Waals surface area contributed by atoms with E-state index in [2.05, 4.69) is 219 Å². The molecule has 284 valence electrons. The predicted molar refractivity (Wildman–Crippen MR) is 245 cm³/mol. The van der Waals surface area contributed by atoms with E-state index in [0.717, 1.165) is 82.6 Å². The highest BCUT2D eigenvalue weighted by molar-refractivity contribution is 6.21. The van der Waals surface area contributed by atoms with E-state index in [4.69, 9.17) is 0 Å². The number of fused-ring (bicyclic) bond motifs is 14. The van der Waals surface area contributed by atoms with Crippen molar-refractivity contribution in [1.82, 2.24) is 8.97 Å². The number of imidazole rings is 2. The van der Waals surface area contributed by atoms with Gasteiger partial charge < -0.3 is 5.11 Å². The molecule has 1 N–H and O–H groups in total. The molecule has 0 aliphatic carbocycles. The van der Waals surface area contributed by atoms with Gasteiger partial charge in [-0.3, -0.25) is 18.1 Å². The number of benzene rings is 9. The van der Waals surface area contributed by atoms with Crippen molar-refractivity contribution in [3.8, 4) is 56.2 Å². The van der Waals surface area contributed by atoms with Crippen molar-refractivity contribution in [2.24, 2.45) is 0 Å². The number of phenols is 1. The number of rotatable bonds is 2. The Bertz CT molecular complexity index is 3850. The Balaban J connectivity index is 1.11. The summed E-state index contributed by atoms with van der Waals surface area (Å²) in [6.07, 6.45) is 7.61. The molecule has 9 aromatic carbocycles. The molecule has 0 saturated carbocycles. The third-order valence-corrected chi connectivity index (χ3v) is 12.5. The minimum atomic E-state index is 0.188. The van der Waals surface area contributed by atoms with Gasteiger partial charge in [-0.05, 0) is 83.9 Å². The summed E-state index contributed by atoms with van der Waals surface area (Å²) in [4.78, 5) is 0. The number of aromatic nitrogens is 4. The van der Waals surface area contributed by atoms with Gasteiger partial charge in [0.05, 0.1) is 39.1 Å². The van der Waals surface area contributed by atoms with Crippen LogP contribution in [0.2, 0.25) is 0 Å². The summed E-state index contributed by atoms with van der Waals surface area (Å²) in [7, 11) is 0. The van der Waals surface area contributed by atoms with Crippen LogP contribution in [0.1, 0.15) is 0 Å². The van der Waals surface area contributed by atoms with E-state index in [1.54, 1.807) is 6.07 Å². The fourth-order valence-corrected chi connectivity index (χ4v) is 9.93. The number of nitrogens with zero attached hydrogens (tertiary/aromatic N) is 4. The van der Waals surface area contributed by atoms with E-state index < -0.39 is 0 Å². The van der Waals surface area contributed by atoms with E-state index in [0.29, 0.717) is 5.52 Å². The fraction of sp³-hybridized carbons (Fsp3) is 0. The van der Waals surface area contributed by atoms with E-state index in [1.165, 1.54) is 22.3 Å². The molecule has 0 atom stereocenters. The van der Waals surface area contributed by atoms with E-state index in [-0.39, 0.29) is 5.75 Å². The summed E-state index contributed by atoms with van der Waals surface area (Å²) >= 11 is 0. The predicted octanol–water partition coefficient (Wildman–Crippen LogP) is 12.2. The molecule has 0 spiro atoms. The van der Waals surface area contributed by atoms with Crippen molar-refractivity contribution in [3.63, 3.8) is 0 Å². The third-order valence-electron chi connectivity index (χ3n) is 12.5. The van der Waals surface area contributed by atoms with E-state index >= 15 is 0 Å². The molecule has 1 aliphatic heterocycles. The van der Waals surface area contributed by atoms with Gasteiger partial charge in [-0.15, -0.1) is 0 Å². The summed E-state index contributed by atoms with van der Waals surface area (Å²) in [6.45, 7) is 0. The molecule has 0 radical (unpaired) electrons. The Labute approximate surface area is 350 Å². The summed E-state index contributed by atoms with van der Waals surface area (Å²) in [5.41, 5.74) is 14.8. The van der Waals surface area contributed by atoms with Gasteiger partial charge in [0, 0.05) is 0 Å². The number of hydrogen-bond acceptors (Lipinski definition) is 1. The topological polar surface area (TPSA) is 37.3 Å². The first-order valence-corrected chi connectivity index (χ1v) is 20.6. The molecule has 5 heteroatoms. The van der Waals surface area contributed by atoms with Crippen LogP contribution in [0, 0.1) is 12.7 Å². The molecule has 3 aromatic heterocycles. The van der Waals surface area contributed by atoms with Gasteiger partial charge in [0.1, 0.15) is 11.3 Å². The van der Waals surface area contributed by atoms with Gasteiger partial charge in [-0.2, -0.15) is 0 Å². The van der Waals surface area contributed by atoms with Crippen LogP contribution >= 0.6 is 0 Å². The maximum Gasteiger partial charge on any atom is 0.269 e. The average molecular weight is 779 g/mol. The Kier molecular flexibility index (Phi) is 7.10. The zero-order valence-electron chi connectivity index (χ0n) is 32.8. The summed E-state index contributed by atoms with van der Waals surface area (Å²) in [5.74, 6) is 0.188. The highest BCUT2D eigenvalue weighted by Gasteiger charge is 2.24. The molecule has 0 amide bonds. The lowest BCUT2D eigenvalue weighted by molar-refractivity contribution is -0.572. The van der Waals surface area contributed by atoms with E-state index in [9.17, 15) is 5.11 Å². The highest BCUT2D eigenvalue weighted by atomic mass is 16.3. The molecule has 4 heterocycles. The first-order valence-electron chi connectivity index (χ1n) is 20.6. The molecule has 0 saturated heterocycles. The third kappa shape index (κ3) is 4.83. The largest absolute Gasteiger partial charge is 0.511 e. The second kappa shape index (κ2) is 12.9. The zero-order chi connectivity index (χ0) is 40.2. The van der Waals surface area contributed by atoms with Crippen LogP contribution in [0.15, 0.2) is 200 Å². The SMILES string of the molecule is Oc1cccc2c3ccccc3c3ccccc3c3cccc4c3n([c-][n+]4-c3cccc(-n4[c-][n+]5c6c(cccc64)-c4ccccc4-c4ccccc4-c4ccccc4-5)c3)c12. The summed E-state index contributed by atoms with van der Waals surface area (Å²) < 4.78 is 8.62. The minimum absolute atomic E-state index is 0.188. The summed E-state index contributed by atoms with van der Waals surface area (Å²) in [5, 5.41) is 18.2. The Morgan fingerprint density at radius 2 is 0.902 bits per heavy atom. The first kappa shape index (κ1) is 33.7. The van der Waals surface area contributed by atoms with Crippen LogP contribution < -0.4 is 9.13 Å². The monoisotopic (exact) mass is 778 g/mol. The lowest BCUT2D eigenvalue weighted by Gasteiger charge is -2.15. The highest BCUT2D eigenvalue weighted by Crippen LogP contribution is 2.43. The van der Waals surface area contributed by atoms with Crippen molar-refractivity contribution in [2.75, 3.05) is 0 Å². The van der Waals surface area contributed by atoms with Gasteiger partial charge in [-0.25, -0.2) is 0 Å². The standard InChI is InChI=1S/C56H34N4O/c61-53-32-14-28-49-45-24-8-4-20-41(45)40-19-3-7-23-44(40)48-27-13-31-52-55(48)60(56(49)53)35-58(52)37-16-11-15-36(33-37)57-34-59-50-29-10-9-25-46(50)42-21-5-1-17-38(42)39-18-2-6-22-43(39)47-26-12-30-51(57)54(47)59/h1-33,61H. The Morgan fingerprint density at radius 1 is 0.393 bits per heavy atom. The molecule has 61 heavy (non-hydrogen) atoms. The molecule has 1 aliphatic rings. The van der Waals surface area contributed by atoms with Crippen LogP contribution in [0.4, 0.5) is 0 Å². The Morgan fingerprint density at radius 3 is 1.61 bits per heavy atom. The summed E-state index contributed by atoms with van der Waals surface area (Å²) in [6, 6.07) is 70.6. The Hall–Kier alpha value is -8.28. The van der Waals surface area contributed by atoms with Gasteiger partial charge in [0.25, 0.3) is 12.7 Å². The molecule has 5 nitrogen and oxygen atoms in total. The lowest BCUT2D eigenvalue weighted by Crippen LogP contribution is -2.31. The maximum absolute atomic E-state index is 11.8. The smallest absolute Gasteiger partial charge is 0.269 e.